The molecule has 4 heteroatoms. The third-order valence-corrected chi connectivity index (χ3v) is 3.17. The predicted octanol–water partition coefficient (Wildman–Crippen LogP) is 3.47. The van der Waals surface area contributed by atoms with E-state index in [4.69, 9.17) is 9.47 Å². The summed E-state index contributed by atoms with van der Waals surface area (Å²) in [5.74, 6) is -0.845. The lowest BCUT2D eigenvalue weighted by Gasteiger charge is -2.16. The van der Waals surface area contributed by atoms with E-state index in [1.54, 1.807) is 12.1 Å². The molecule has 0 radical (unpaired) electrons. The number of benzene rings is 2. The van der Waals surface area contributed by atoms with Gasteiger partial charge in [-0.2, -0.15) is 0 Å². The number of esters is 1. The Morgan fingerprint density at radius 3 is 2.52 bits per heavy atom. The van der Waals surface area contributed by atoms with E-state index in [-0.39, 0.29) is 6.61 Å². The second kappa shape index (κ2) is 6.88. The molecule has 0 aliphatic rings. The summed E-state index contributed by atoms with van der Waals surface area (Å²) in [6.45, 7) is 2.08. The smallest absolute Gasteiger partial charge is 0.316 e. The van der Waals surface area contributed by atoms with E-state index in [9.17, 15) is 9.18 Å². The summed E-state index contributed by atoms with van der Waals surface area (Å²) in [7, 11) is 1.31. The molecule has 0 aliphatic carbocycles. The minimum atomic E-state index is -0.660. The first-order chi connectivity index (χ1) is 10.1. The van der Waals surface area contributed by atoms with Crippen LogP contribution in [0.3, 0.4) is 0 Å². The van der Waals surface area contributed by atoms with Crippen molar-refractivity contribution in [2.45, 2.75) is 12.8 Å². The van der Waals surface area contributed by atoms with E-state index in [1.807, 2.05) is 31.2 Å². The maximum atomic E-state index is 13.3. The van der Waals surface area contributed by atoms with E-state index >= 15 is 0 Å². The highest BCUT2D eigenvalue weighted by Gasteiger charge is 2.22. The monoisotopic (exact) mass is 288 g/mol. The third-order valence-electron chi connectivity index (χ3n) is 3.17. The van der Waals surface area contributed by atoms with Crippen LogP contribution in [0.5, 0.6) is 5.75 Å². The molecule has 2 rings (SSSR count). The van der Waals surface area contributed by atoms with Crippen LogP contribution in [-0.4, -0.2) is 19.7 Å². The molecule has 0 amide bonds. The van der Waals surface area contributed by atoms with Crippen LogP contribution in [0.25, 0.3) is 0 Å². The molecule has 2 aromatic rings. The summed E-state index contributed by atoms with van der Waals surface area (Å²) < 4.78 is 23.7. The van der Waals surface area contributed by atoms with E-state index in [0.29, 0.717) is 11.3 Å². The highest BCUT2D eigenvalue weighted by molar-refractivity contribution is 5.78. The molecule has 1 unspecified atom stereocenters. The van der Waals surface area contributed by atoms with Gasteiger partial charge in [-0.3, -0.25) is 4.79 Å². The van der Waals surface area contributed by atoms with Crippen LogP contribution in [0, 0.1) is 12.7 Å². The summed E-state index contributed by atoms with van der Waals surface area (Å²) >= 11 is 0. The van der Waals surface area contributed by atoms with Crippen LogP contribution in [0.15, 0.2) is 48.5 Å². The number of rotatable bonds is 5. The van der Waals surface area contributed by atoms with Crippen LogP contribution in [0.1, 0.15) is 17.0 Å². The first-order valence-electron chi connectivity index (χ1n) is 6.63. The molecule has 0 heterocycles. The van der Waals surface area contributed by atoms with Gasteiger partial charge in [-0.15, -0.1) is 0 Å². The Labute approximate surface area is 123 Å². The number of hydrogen-bond donors (Lipinski definition) is 0. The Morgan fingerprint density at radius 1 is 1.19 bits per heavy atom. The standard InChI is InChI=1S/C17H17FO3/c1-12-6-8-15(9-7-12)21-11-16(17(19)20-2)13-4-3-5-14(18)10-13/h3-10,16H,11H2,1-2H3. The van der Waals surface area contributed by atoms with E-state index in [1.165, 1.54) is 19.2 Å². The van der Waals surface area contributed by atoms with Crippen molar-refractivity contribution < 1.29 is 18.7 Å². The quantitative estimate of drug-likeness (QED) is 0.790. The first kappa shape index (κ1) is 15.0. The lowest BCUT2D eigenvalue weighted by atomic mass is 10.00. The molecule has 110 valence electrons. The van der Waals surface area contributed by atoms with Gasteiger partial charge in [0.25, 0.3) is 0 Å². The Hall–Kier alpha value is -2.36. The molecule has 0 fully saturated rings. The number of aryl methyl sites for hydroxylation is 1. The molecule has 0 aliphatic heterocycles. The maximum Gasteiger partial charge on any atom is 0.316 e. The molecule has 3 nitrogen and oxygen atoms in total. The number of hydrogen-bond acceptors (Lipinski definition) is 3. The van der Waals surface area contributed by atoms with Crippen molar-refractivity contribution in [3.63, 3.8) is 0 Å². The van der Waals surface area contributed by atoms with Gasteiger partial charge in [0.1, 0.15) is 24.1 Å². The van der Waals surface area contributed by atoms with Gasteiger partial charge in [0.2, 0.25) is 0 Å². The Morgan fingerprint density at radius 2 is 1.90 bits per heavy atom. The van der Waals surface area contributed by atoms with Gasteiger partial charge in [-0.05, 0) is 36.8 Å². The van der Waals surface area contributed by atoms with Gasteiger partial charge in [0.05, 0.1) is 7.11 Å². The molecular weight excluding hydrogens is 271 g/mol. The second-order valence-corrected chi connectivity index (χ2v) is 4.75. The van der Waals surface area contributed by atoms with Crippen LogP contribution in [0.4, 0.5) is 4.39 Å². The lowest BCUT2D eigenvalue weighted by molar-refractivity contribution is -0.143. The molecule has 0 N–H and O–H groups in total. The SMILES string of the molecule is COC(=O)C(COc1ccc(C)cc1)c1cccc(F)c1. The normalized spacial score (nSPS) is 11.8. The Bertz CT molecular complexity index is 608. The summed E-state index contributed by atoms with van der Waals surface area (Å²) in [5, 5.41) is 0. The zero-order chi connectivity index (χ0) is 15.2. The van der Waals surface area contributed by atoms with Crippen molar-refractivity contribution in [3.05, 3.63) is 65.5 Å². The summed E-state index contributed by atoms with van der Waals surface area (Å²) in [6.07, 6.45) is 0. The molecule has 1 atom stereocenters. The minimum Gasteiger partial charge on any atom is -0.492 e. The van der Waals surface area contributed by atoms with Crippen molar-refractivity contribution in [2.24, 2.45) is 0 Å². The third kappa shape index (κ3) is 4.05. The predicted molar refractivity (Wildman–Crippen MR) is 77.8 cm³/mol. The fraction of sp³-hybridized carbons (Fsp3) is 0.235. The number of ether oxygens (including phenoxy) is 2. The number of carbonyl (C=O) groups excluding carboxylic acids is 1. The lowest BCUT2D eigenvalue weighted by Crippen LogP contribution is -2.21. The van der Waals surface area contributed by atoms with Gasteiger partial charge in [-0.1, -0.05) is 29.8 Å². The Kier molecular flexibility index (Phi) is 4.93. The second-order valence-electron chi connectivity index (χ2n) is 4.75. The van der Waals surface area contributed by atoms with Crippen LogP contribution >= 0.6 is 0 Å². The number of halogens is 1. The molecular formula is C17H17FO3. The zero-order valence-electron chi connectivity index (χ0n) is 12.0. The van der Waals surface area contributed by atoms with Gasteiger partial charge >= 0.3 is 5.97 Å². The molecule has 21 heavy (non-hydrogen) atoms. The highest BCUT2D eigenvalue weighted by Crippen LogP contribution is 2.21. The Balaban J connectivity index is 2.13. The van der Waals surface area contributed by atoms with E-state index in [0.717, 1.165) is 5.56 Å². The molecule has 0 saturated carbocycles. The van der Waals surface area contributed by atoms with E-state index < -0.39 is 17.7 Å². The zero-order valence-corrected chi connectivity index (χ0v) is 12.0. The van der Waals surface area contributed by atoms with Crippen molar-refractivity contribution in [3.8, 4) is 5.75 Å². The first-order valence-corrected chi connectivity index (χ1v) is 6.63. The summed E-state index contributed by atoms with van der Waals surface area (Å²) in [4.78, 5) is 11.9. The van der Waals surface area contributed by atoms with Gasteiger partial charge in [0.15, 0.2) is 0 Å². The molecule has 2 aromatic carbocycles. The van der Waals surface area contributed by atoms with Crippen LogP contribution in [0.2, 0.25) is 0 Å². The summed E-state index contributed by atoms with van der Waals surface area (Å²) in [5.41, 5.74) is 1.66. The van der Waals surface area contributed by atoms with Crippen molar-refractivity contribution in [1.82, 2.24) is 0 Å². The average Bonchev–Trinajstić information content (AvgIpc) is 2.49. The average molecular weight is 288 g/mol. The van der Waals surface area contributed by atoms with Crippen molar-refractivity contribution >= 4 is 5.97 Å². The largest absolute Gasteiger partial charge is 0.492 e. The molecule has 0 aromatic heterocycles. The fourth-order valence-corrected chi connectivity index (χ4v) is 1.98. The van der Waals surface area contributed by atoms with Crippen molar-refractivity contribution in [1.29, 1.82) is 0 Å². The van der Waals surface area contributed by atoms with Gasteiger partial charge in [0, 0.05) is 0 Å². The maximum absolute atomic E-state index is 13.3. The minimum absolute atomic E-state index is 0.0964. The van der Waals surface area contributed by atoms with Gasteiger partial charge in [-0.25, -0.2) is 4.39 Å². The van der Waals surface area contributed by atoms with Gasteiger partial charge < -0.3 is 9.47 Å². The molecule has 0 spiro atoms. The molecule has 0 bridgehead atoms. The topological polar surface area (TPSA) is 35.5 Å². The van der Waals surface area contributed by atoms with Crippen LogP contribution in [-0.2, 0) is 9.53 Å². The number of carbonyl (C=O) groups is 1. The van der Waals surface area contributed by atoms with E-state index in [2.05, 4.69) is 0 Å². The molecule has 0 saturated heterocycles. The fourth-order valence-electron chi connectivity index (χ4n) is 1.98. The summed E-state index contributed by atoms with van der Waals surface area (Å²) in [6, 6.07) is 13.4. The van der Waals surface area contributed by atoms with Crippen LogP contribution < -0.4 is 4.74 Å². The van der Waals surface area contributed by atoms with Crippen molar-refractivity contribution in [2.75, 3.05) is 13.7 Å². The highest BCUT2D eigenvalue weighted by atomic mass is 19.1. The number of methoxy groups -OCH3 is 1.